The molecule has 0 fully saturated rings. The minimum atomic E-state index is -0.123. The molecule has 0 saturated heterocycles. The van der Waals surface area contributed by atoms with Gasteiger partial charge in [-0.25, -0.2) is 0 Å². The van der Waals surface area contributed by atoms with Gasteiger partial charge in [0.05, 0.1) is 10.7 Å². The number of ketones is 1. The third-order valence-electron chi connectivity index (χ3n) is 3.40. The van der Waals surface area contributed by atoms with Gasteiger partial charge in [-0.3, -0.25) is 9.48 Å². The van der Waals surface area contributed by atoms with Gasteiger partial charge in [-0.2, -0.15) is 5.10 Å². The summed E-state index contributed by atoms with van der Waals surface area (Å²) in [5, 5.41) is 4.30. The Morgan fingerprint density at radius 3 is 2.50 bits per heavy atom. The average Bonchev–Trinajstić information content (AvgIpc) is 2.82. The van der Waals surface area contributed by atoms with E-state index in [4.69, 9.17) is 0 Å². The molecule has 0 saturated carbocycles. The number of aromatic nitrogens is 2. The fourth-order valence-electron chi connectivity index (χ4n) is 2.39. The summed E-state index contributed by atoms with van der Waals surface area (Å²) in [5.74, 6) is -0.00141. The molecule has 2 aromatic rings. The number of hydrogen-bond donors (Lipinski definition) is 0. The summed E-state index contributed by atoms with van der Waals surface area (Å²) >= 11 is 3.45. The summed E-state index contributed by atoms with van der Waals surface area (Å²) in [6.07, 6.45) is 2.48. The van der Waals surface area contributed by atoms with Gasteiger partial charge in [0.2, 0.25) is 0 Å². The minimum Gasteiger partial charge on any atom is -0.292 e. The van der Waals surface area contributed by atoms with Crippen molar-refractivity contribution in [2.45, 2.75) is 39.2 Å². The van der Waals surface area contributed by atoms with Crippen LogP contribution in [0, 0.1) is 0 Å². The third-order valence-corrected chi connectivity index (χ3v) is 3.98. The Morgan fingerprint density at radius 2 is 1.95 bits per heavy atom. The van der Waals surface area contributed by atoms with Crippen molar-refractivity contribution >= 4 is 21.7 Å². The molecule has 0 radical (unpaired) electrons. The number of carbonyl (C=O) groups is 1. The third kappa shape index (κ3) is 2.85. The molecule has 3 nitrogen and oxygen atoms in total. The molecule has 0 aliphatic heterocycles. The van der Waals surface area contributed by atoms with Crippen LogP contribution >= 0.6 is 15.9 Å². The van der Waals surface area contributed by atoms with E-state index in [9.17, 15) is 4.79 Å². The van der Waals surface area contributed by atoms with Gasteiger partial charge in [-0.15, -0.1) is 0 Å². The first-order valence-corrected chi connectivity index (χ1v) is 7.67. The Labute approximate surface area is 128 Å². The zero-order chi connectivity index (χ0) is 14.7. The lowest BCUT2D eigenvalue weighted by Crippen LogP contribution is -2.19. The highest BCUT2D eigenvalue weighted by atomic mass is 79.9. The van der Waals surface area contributed by atoms with Gasteiger partial charge in [0.1, 0.15) is 5.69 Å². The number of rotatable bonds is 5. The van der Waals surface area contributed by atoms with Gasteiger partial charge in [-0.1, -0.05) is 37.3 Å². The second kappa shape index (κ2) is 6.35. The van der Waals surface area contributed by atoms with E-state index in [1.807, 2.05) is 51.1 Å². The number of carbonyl (C=O) groups excluding carboxylic acids is 1. The first-order valence-electron chi connectivity index (χ1n) is 6.88. The van der Waals surface area contributed by atoms with E-state index in [-0.39, 0.29) is 17.7 Å². The number of nitrogens with zero attached hydrogens (tertiary/aromatic N) is 2. The quantitative estimate of drug-likeness (QED) is 0.748. The van der Waals surface area contributed by atoms with Gasteiger partial charge >= 0.3 is 0 Å². The topological polar surface area (TPSA) is 34.9 Å². The van der Waals surface area contributed by atoms with E-state index in [1.54, 1.807) is 10.9 Å². The normalized spacial score (nSPS) is 12.7. The fourth-order valence-corrected chi connectivity index (χ4v) is 2.85. The molecule has 4 heteroatoms. The van der Waals surface area contributed by atoms with Crippen LogP contribution in [0.1, 0.15) is 55.2 Å². The first kappa shape index (κ1) is 15.0. The Kier molecular flexibility index (Phi) is 4.76. The van der Waals surface area contributed by atoms with Crippen molar-refractivity contribution in [2.75, 3.05) is 0 Å². The van der Waals surface area contributed by atoms with Crippen molar-refractivity contribution in [3.8, 4) is 0 Å². The van der Waals surface area contributed by atoms with Gasteiger partial charge < -0.3 is 0 Å². The van der Waals surface area contributed by atoms with Crippen LogP contribution in [0.3, 0.4) is 0 Å². The second-order valence-corrected chi connectivity index (χ2v) is 5.97. The summed E-state index contributed by atoms with van der Waals surface area (Å²) in [4.78, 5) is 12.9. The molecular weight excluding hydrogens is 316 g/mol. The highest BCUT2D eigenvalue weighted by molar-refractivity contribution is 9.10. The highest BCUT2D eigenvalue weighted by Crippen LogP contribution is 2.29. The van der Waals surface area contributed by atoms with E-state index in [2.05, 4.69) is 21.0 Å². The molecule has 2 rings (SSSR count). The van der Waals surface area contributed by atoms with Crippen molar-refractivity contribution in [1.29, 1.82) is 0 Å². The SMILES string of the molecule is CCC(C(=O)c1c(Br)cnn1C(C)C)c1ccccc1. The van der Waals surface area contributed by atoms with Gasteiger partial charge in [0, 0.05) is 12.0 Å². The summed E-state index contributed by atoms with van der Waals surface area (Å²) in [7, 11) is 0. The highest BCUT2D eigenvalue weighted by Gasteiger charge is 2.26. The van der Waals surface area contributed by atoms with Crippen LogP contribution in [0.2, 0.25) is 0 Å². The summed E-state index contributed by atoms with van der Waals surface area (Å²) in [6, 6.07) is 10.1. The molecule has 0 N–H and O–H groups in total. The van der Waals surface area contributed by atoms with Crippen molar-refractivity contribution in [2.24, 2.45) is 0 Å². The van der Waals surface area contributed by atoms with Crippen LogP contribution in [0.4, 0.5) is 0 Å². The molecule has 0 bridgehead atoms. The number of hydrogen-bond acceptors (Lipinski definition) is 2. The minimum absolute atomic E-state index is 0.122. The molecule has 1 atom stereocenters. The molecule has 0 aliphatic carbocycles. The van der Waals surface area contributed by atoms with Gasteiger partial charge in [-0.05, 0) is 41.8 Å². The van der Waals surface area contributed by atoms with Crippen molar-refractivity contribution < 1.29 is 4.79 Å². The Bertz CT molecular complexity index is 590. The maximum Gasteiger partial charge on any atom is 0.189 e. The fraction of sp³-hybridized carbons (Fsp3) is 0.375. The van der Waals surface area contributed by atoms with Crippen LogP contribution in [0.15, 0.2) is 41.0 Å². The molecule has 0 amide bonds. The largest absolute Gasteiger partial charge is 0.292 e. The van der Waals surface area contributed by atoms with E-state index in [1.165, 1.54) is 0 Å². The molecule has 1 aromatic carbocycles. The smallest absolute Gasteiger partial charge is 0.189 e. The summed E-state index contributed by atoms with van der Waals surface area (Å²) in [6.45, 7) is 6.10. The predicted octanol–water partition coefficient (Wildman–Crippen LogP) is 4.60. The monoisotopic (exact) mass is 334 g/mol. The van der Waals surface area contributed by atoms with E-state index >= 15 is 0 Å². The Balaban J connectivity index is 2.42. The van der Waals surface area contributed by atoms with Crippen LogP contribution in [0.5, 0.6) is 0 Å². The predicted molar refractivity (Wildman–Crippen MR) is 84.1 cm³/mol. The van der Waals surface area contributed by atoms with E-state index < -0.39 is 0 Å². The average molecular weight is 335 g/mol. The van der Waals surface area contributed by atoms with Gasteiger partial charge in [0.15, 0.2) is 5.78 Å². The molecule has 1 unspecified atom stereocenters. The lowest BCUT2D eigenvalue weighted by atomic mass is 9.90. The summed E-state index contributed by atoms with van der Waals surface area (Å²) in [5.41, 5.74) is 1.72. The lowest BCUT2D eigenvalue weighted by molar-refractivity contribution is 0.0944. The zero-order valence-corrected chi connectivity index (χ0v) is 13.6. The molecule has 0 aliphatic rings. The molecule has 1 aromatic heterocycles. The maximum atomic E-state index is 12.9. The van der Waals surface area contributed by atoms with Gasteiger partial charge in [0.25, 0.3) is 0 Å². The van der Waals surface area contributed by atoms with E-state index in [0.29, 0.717) is 5.69 Å². The number of Topliss-reactive ketones (excluding diaryl/α,β-unsaturated/α-hetero) is 1. The molecular formula is C16H19BrN2O. The van der Waals surface area contributed by atoms with Crippen LogP contribution in [0.25, 0.3) is 0 Å². The molecule has 0 spiro atoms. The van der Waals surface area contributed by atoms with Crippen molar-refractivity contribution in [3.05, 3.63) is 52.3 Å². The number of benzene rings is 1. The molecule has 20 heavy (non-hydrogen) atoms. The Hall–Kier alpha value is -1.42. The lowest BCUT2D eigenvalue weighted by Gasteiger charge is -2.17. The molecule has 1 heterocycles. The standard InChI is InChI=1S/C16H19BrN2O/c1-4-13(12-8-6-5-7-9-12)16(20)15-14(17)10-18-19(15)11(2)3/h5-11,13H,4H2,1-3H3. The van der Waals surface area contributed by atoms with Crippen molar-refractivity contribution in [1.82, 2.24) is 9.78 Å². The van der Waals surface area contributed by atoms with Crippen LogP contribution < -0.4 is 0 Å². The van der Waals surface area contributed by atoms with Crippen LogP contribution in [-0.2, 0) is 0 Å². The number of halogens is 1. The Morgan fingerprint density at radius 1 is 1.30 bits per heavy atom. The van der Waals surface area contributed by atoms with E-state index in [0.717, 1.165) is 16.5 Å². The molecule has 106 valence electrons. The zero-order valence-electron chi connectivity index (χ0n) is 12.0. The maximum absolute atomic E-state index is 12.9. The second-order valence-electron chi connectivity index (χ2n) is 5.12. The first-order chi connectivity index (χ1) is 9.56. The van der Waals surface area contributed by atoms with Crippen molar-refractivity contribution in [3.63, 3.8) is 0 Å². The van der Waals surface area contributed by atoms with Crippen LogP contribution in [-0.4, -0.2) is 15.6 Å². The summed E-state index contributed by atoms with van der Waals surface area (Å²) < 4.78 is 2.56.